The first-order valence-electron chi connectivity index (χ1n) is 13.7. The number of ether oxygens (including phenoxy) is 2. The van der Waals surface area contributed by atoms with Gasteiger partial charge in [-0.05, 0) is 61.7 Å². The lowest BCUT2D eigenvalue weighted by molar-refractivity contribution is -0.119. The van der Waals surface area contributed by atoms with Gasteiger partial charge in [-0.25, -0.2) is 4.79 Å². The summed E-state index contributed by atoms with van der Waals surface area (Å²) < 4.78 is 11.5. The number of unbranched alkanes of at least 4 members (excludes halogenated alkanes) is 1. The quantitative estimate of drug-likeness (QED) is 0.214. The summed E-state index contributed by atoms with van der Waals surface area (Å²) >= 11 is 12.6. The molecule has 3 aromatic rings. The van der Waals surface area contributed by atoms with Crippen molar-refractivity contribution in [1.29, 1.82) is 0 Å². The van der Waals surface area contributed by atoms with Crippen LogP contribution in [0.2, 0.25) is 10.0 Å². The Morgan fingerprint density at radius 2 is 1.65 bits per heavy atom. The molecule has 0 aliphatic carbocycles. The van der Waals surface area contributed by atoms with Gasteiger partial charge in [0.15, 0.2) is 6.73 Å². The van der Waals surface area contributed by atoms with Crippen molar-refractivity contribution < 1.29 is 19.1 Å². The van der Waals surface area contributed by atoms with E-state index in [9.17, 15) is 9.59 Å². The van der Waals surface area contributed by atoms with Crippen molar-refractivity contribution in [3.8, 4) is 5.75 Å². The van der Waals surface area contributed by atoms with E-state index in [-0.39, 0.29) is 12.6 Å². The number of fused-ring (bicyclic) bond motifs is 1. The maximum atomic E-state index is 12.7. The van der Waals surface area contributed by atoms with Crippen molar-refractivity contribution in [2.24, 2.45) is 0 Å². The first-order valence-corrected chi connectivity index (χ1v) is 14.4. The zero-order valence-electron chi connectivity index (χ0n) is 22.4. The smallest absolute Gasteiger partial charge is 0.339 e. The second-order valence-electron chi connectivity index (χ2n) is 10.00. The topological polar surface area (TPSA) is 62.3 Å². The number of carbonyl (C=O) groups is 2. The molecular weight excluding hydrogens is 549 g/mol. The predicted molar refractivity (Wildman–Crippen MR) is 159 cm³/mol. The number of halogens is 2. The molecule has 1 amide bonds. The number of amides is 1. The summed E-state index contributed by atoms with van der Waals surface area (Å²) in [4.78, 5) is 31.4. The third kappa shape index (κ3) is 6.89. The molecule has 210 valence electrons. The Balaban J connectivity index is 1.07. The van der Waals surface area contributed by atoms with Gasteiger partial charge in [0.25, 0.3) is 0 Å². The van der Waals surface area contributed by atoms with Crippen molar-refractivity contribution >= 4 is 46.5 Å². The van der Waals surface area contributed by atoms with Crippen LogP contribution < -0.4 is 14.5 Å². The molecule has 0 atom stereocenters. The molecule has 5 rings (SSSR count). The number of piperazine rings is 1. The maximum absolute atomic E-state index is 12.7. The third-order valence-electron chi connectivity index (χ3n) is 7.37. The van der Waals surface area contributed by atoms with Gasteiger partial charge in [0.2, 0.25) is 5.91 Å². The van der Waals surface area contributed by atoms with E-state index in [1.54, 1.807) is 24.3 Å². The summed E-state index contributed by atoms with van der Waals surface area (Å²) in [6.07, 6.45) is 3.00. The van der Waals surface area contributed by atoms with Crippen LogP contribution in [-0.2, 0) is 16.0 Å². The summed E-state index contributed by atoms with van der Waals surface area (Å²) in [5.74, 6) is 0.186. The van der Waals surface area contributed by atoms with Crippen molar-refractivity contribution in [3.63, 3.8) is 0 Å². The van der Waals surface area contributed by atoms with Crippen LogP contribution in [0.25, 0.3) is 0 Å². The van der Waals surface area contributed by atoms with E-state index in [1.165, 1.54) is 4.90 Å². The molecule has 0 N–H and O–H groups in total. The SMILES string of the molecule is O=C(OCN1C(=O)CCc2ccc(OCCCCN3CCN(c4cccc(Cl)c4Cl)CC3)cc21)c1ccccc1. The Kier molecular flexibility index (Phi) is 9.47. The Morgan fingerprint density at radius 1 is 0.850 bits per heavy atom. The number of esters is 1. The standard InChI is InChI=1S/C31H33Cl2N3O4/c32-26-9-6-10-27(30(26)33)35-18-16-34(17-19-35)15-4-5-20-39-25-13-11-23-12-14-29(37)36(28(23)21-25)22-40-31(38)24-7-2-1-3-8-24/h1-3,6-11,13,21H,4-5,12,14-20,22H2. The van der Waals surface area contributed by atoms with Crippen molar-refractivity contribution in [2.45, 2.75) is 25.7 Å². The summed E-state index contributed by atoms with van der Waals surface area (Å²) in [6, 6.07) is 20.4. The monoisotopic (exact) mass is 581 g/mol. The van der Waals surface area contributed by atoms with Gasteiger partial charge in [-0.15, -0.1) is 0 Å². The predicted octanol–water partition coefficient (Wildman–Crippen LogP) is 6.07. The molecule has 0 aromatic heterocycles. The van der Waals surface area contributed by atoms with E-state index >= 15 is 0 Å². The van der Waals surface area contributed by atoms with Gasteiger partial charge < -0.3 is 14.4 Å². The van der Waals surface area contributed by atoms with Gasteiger partial charge in [-0.3, -0.25) is 14.6 Å². The normalized spacial score (nSPS) is 15.6. The molecule has 0 bridgehead atoms. The molecule has 0 saturated carbocycles. The molecule has 40 heavy (non-hydrogen) atoms. The second-order valence-corrected chi connectivity index (χ2v) is 10.8. The summed E-state index contributed by atoms with van der Waals surface area (Å²) in [6.45, 7) is 5.27. The molecule has 9 heteroatoms. The highest BCUT2D eigenvalue weighted by molar-refractivity contribution is 6.43. The Bertz CT molecular complexity index is 1330. The van der Waals surface area contributed by atoms with E-state index in [1.807, 2.05) is 42.5 Å². The van der Waals surface area contributed by atoms with E-state index in [4.69, 9.17) is 32.7 Å². The van der Waals surface area contributed by atoms with E-state index in [0.717, 1.165) is 62.5 Å². The lowest BCUT2D eigenvalue weighted by Crippen LogP contribution is -2.46. The van der Waals surface area contributed by atoms with Crippen LogP contribution in [0.5, 0.6) is 5.75 Å². The first kappa shape index (κ1) is 28.3. The minimum absolute atomic E-state index is 0.0664. The number of rotatable bonds is 10. The van der Waals surface area contributed by atoms with E-state index in [2.05, 4.69) is 9.80 Å². The van der Waals surface area contributed by atoms with Crippen LogP contribution in [0.3, 0.4) is 0 Å². The highest BCUT2D eigenvalue weighted by Gasteiger charge is 2.26. The van der Waals surface area contributed by atoms with Gasteiger partial charge in [-0.2, -0.15) is 0 Å². The number of nitrogens with zero attached hydrogens (tertiary/aromatic N) is 3. The van der Waals surface area contributed by atoms with Crippen molar-refractivity contribution in [2.75, 3.05) is 55.9 Å². The number of anilines is 2. The molecule has 0 radical (unpaired) electrons. The number of hydrogen-bond donors (Lipinski definition) is 0. The minimum atomic E-state index is -0.456. The lowest BCUT2D eigenvalue weighted by Gasteiger charge is -2.36. The van der Waals surface area contributed by atoms with Crippen LogP contribution >= 0.6 is 23.2 Å². The Hall–Kier alpha value is -3.26. The molecule has 7 nitrogen and oxygen atoms in total. The van der Waals surface area contributed by atoms with Crippen LogP contribution in [-0.4, -0.2) is 62.8 Å². The third-order valence-corrected chi connectivity index (χ3v) is 8.18. The zero-order valence-corrected chi connectivity index (χ0v) is 23.9. The molecule has 2 aliphatic heterocycles. The number of carbonyl (C=O) groups excluding carboxylic acids is 2. The molecule has 2 heterocycles. The molecule has 3 aromatic carbocycles. The largest absolute Gasteiger partial charge is 0.494 e. The first-order chi connectivity index (χ1) is 19.5. The van der Waals surface area contributed by atoms with Crippen molar-refractivity contribution in [1.82, 2.24) is 4.90 Å². The maximum Gasteiger partial charge on any atom is 0.339 e. The number of hydrogen-bond acceptors (Lipinski definition) is 6. The molecule has 1 saturated heterocycles. The van der Waals surface area contributed by atoms with Crippen LogP contribution in [0.1, 0.15) is 35.2 Å². The average molecular weight is 583 g/mol. The number of aryl methyl sites for hydroxylation is 1. The van der Waals surface area contributed by atoms with Crippen molar-refractivity contribution in [3.05, 3.63) is 87.9 Å². The van der Waals surface area contributed by atoms with E-state index < -0.39 is 5.97 Å². The Labute approximate surface area is 245 Å². The minimum Gasteiger partial charge on any atom is -0.494 e. The van der Waals surface area contributed by atoms with Crippen LogP contribution in [0.15, 0.2) is 66.7 Å². The Morgan fingerprint density at radius 3 is 2.45 bits per heavy atom. The highest BCUT2D eigenvalue weighted by atomic mass is 35.5. The van der Waals surface area contributed by atoms with Crippen LogP contribution in [0.4, 0.5) is 11.4 Å². The van der Waals surface area contributed by atoms with Gasteiger partial charge in [0, 0.05) is 38.7 Å². The second kappa shape index (κ2) is 13.4. The fourth-order valence-corrected chi connectivity index (χ4v) is 5.52. The van der Waals surface area contributed by atoms with Gasteiger partial charge in [0.1, 0.15) is 5.75 Å². The van der Waals surface area contributed by atoms with Crippen LogP contribution in [0, 0.1) is 0 Å². The van der Waals surface area contributed by atoms with Gasteiger partial charge >= 0.3 is 5.97 Å². The summed E-state index contributed by atoms with van der Waals surface area (Å²) in [5.41, 5.74) is 3.24. The highest BCUT2D eigenvalue weighted by Crippen LogP contribution is 2.33. The molecule has 0 spiro atoms. The molecule has 2 aliphatic rings. The molecular formula is C31H33Cl2N3O4. The molecule has 1 fully saturated rings. The fourth-order valence-electron chi connectivity index (χ4n) is 5.11. The van der Waals surface area contributed by atoms with Gasteiger partial charge in [-0.1, -0.05) is 53.5 Å². The molecule has 0 unspecified atom stereocenters. The lowest BCUT2D eigenvalue weighted by atomic mass is 10.0. The summed E-state index contributed by atoms with van der Waals surface area (Å²) in [5, 5.41) is 1.21. The van der Waals surface area contributed by atoms with E-state index in [0.29, 0.717) is 40.8 Å². The summed E-state index contributed by atoms with van der Waals surface area (Å²) in [7, 11) is 0. The number of benzene rings is 3. The fraction of sp³-hybridized carbons (Fsp3) is 0.355. The average Bonchev–Trinajstić information content (AvgIpc) is 2.98. The van der Waals surface area contributed by atoms with Gasteiger partial charge in [0.05, 0.1) is 33.6 Å². The zero-order chi connectivity index (χ0) is 27.9.